The van der Waals surface area contributed by atoms with Crippen LogP contribution in [-0.4, -0.2) is 46.4 Å². The Labute approximate surface area is 175 Å². The van der Waals surface area contributed by atoms with Crippen LogP contribution < -0.4 is 10.9 Å². The molecule has 0 atom stereocenters. The molecule has 1 saturated heterocycles. The lowest BCUT2D eigenvalue weighted by Crippen LogP contribution is -2.41. The van der Waals surface area contributed by atoms with E-state index >= 15 is 0 Å². The standard InChI is InChI=1S/C20H24N6O3S/c1-2-30(28,29)25-9-7-16(8-10-25)23-20-22-13-15-11-14(12-21)19(27)26(18(15)24-20)17-5-3-4-6-17/h2,11,13,16-17H,1,3-10H2,(H,22,23,24). The molecule has 2 aromatic rings. The number of rotatable bonds is 5. The first kappa shape index (κ1) is 20.5. The molecule has 2 aromatic heterocycles. The second-order valence-corrected chi connectivity index (χ2v) is 9.66. The molecule has 0 amide bonds. The van der Waals surface area contributed by atoms with Gasteiger partial charge in [0.2, 0.25) is 16.0 Å². The first-order valence-electron chi connectivity index (χ1n) is 10.1. The summed E-state index contributed by atoms with van der Waals surface area (Å²) in [6.45, 7) is 4.17. The fraction of sp³-hybridized carbons (Fsp3) is 0.500. The molecule has 1 aliphatic carbocycles. The SMILES string of the molecule is C=CS(=O)(=O)N1CCC(Nc2ncc3cc(C#N)c(=O)n(C4CCCC4)c3n2)CC1. The van der Waals surface area contributed by atoms with Gasteiger partial charge in [-0.05, 0) is 31.7 Å². The van der Waals surface area contributed by atoms with Gasteiger partial charge in [0.05, 0.1) is 0 Å². The van der Waals surface area contributed by atoms with E-state index in [4.69, 9.17) is 0 Å². The number of nitrogens with zero attached hydrogens (tertiary/aromatic N) is 5. The molecule has 2 aliphatic rings. The third-order valence-corrected chi connectivity index (χ3v) is 7.45. The molecule has 30 heavy (non-hydrogen) atoms. The smallest absolute Gasteiger partial charge is 0.270 e. The molecule has 10 heteroatoms. The van der Waals surface area contributed by atoms with Gasteiger partial charge in [0, 0.05) is 42.2 Å². The van der Waals surface area contributed by atoms with Crippen LogP contribution in [0.1, 0.15) is 50.1 Å². The number of nitrogens with one attached hydrogen (secondary N) is 1. The van der Waals surface area contributed by atoms with Crippen molar-refractivity contribution in [2.75, 3.05) is 18.4 Å². The molecule has 0 aromatic carbocycles. The zero-order valence-electron chi connectivity index (χ0n) is 16.6. The van der Waals surface area contributed by atoms with E-state index in [2.05, 4.69) is 21.9 Å². The number of sulfonamides is 1. The maximum atomic E-state index is 12.9. The van der Waals surface area contributed by atoms with E-state index in [0.29, 0.717) is 42.9 Å². The first-order chi connectivity index (χ1) is 14.4. The van der Waals surface area contributed by atoms with E-state index in [0.717, 1.165) is 31.1 Å². The summed E-state index contributed by atoms with van der Waals surface area (Å²) in [5.74, 6) is 0.406. The average Bonchev–Trinajstić information content (AvgIpc) is 3.28. The molecule has 0 spiro atoms. The van der Waals surface area contributed by atoms with Crippen LogP contribution in [-0.2, 0) is 10.0 Å². The minimum atomic E-state index is -3.40. The van der Waals surface area contributed by atoms with Gasteiger partial charge in [0.1, 0.15) is 17.3 Å². The van der Waals surface area contributed by atoms with Gasteiger partial charge in [-0.25, -0.2) is 13.4 Å². The number of hydrogen-bond donors (Lipinski definition) is 1. The number of pyridine rings is 1. The van der Waals surface area contributed by atoms with E-state index in [-0.39, 0.29) is 23.2 Å². The maximum absolute atomic E-state index is 12.9. The average molecular weight is 429 g/mol. The topological polar surface area (TPSA) is 121 Å². The van der Waals surface area contributed by atoms with Crippen molar-refractivity contribution < 1.29 is 8.42 Å². The largest absolute Gasteiger partial charge is 0.351 e. The Morgan fingerprint density at radius 2 is 1.93 bits per heavy atom. The third kappa shape index (κ3) is 3.82. The molecular formula is C20H24N6O3S. The first-order valence-corrected chi connectivity index (χ1v) is 11.6. The van der Waals surface area contributed by atoms with Gasteiger partial charge in [0.25, 0.3) is 5.56 Å². The van der Waals surface area contributed by atoms with Gasteiger partial charge < -0.3 is 5.32 Å². The van der Waals surface area contributed by atoms with Gasteiger partial charge in [-0.3, -0.25) is 9.36 Å². The molecule has 158 valence electrons. The highest BCUT2D eigenvalue weighted by molar-refractivity contribution is 7.92. The van der Waals surface area contributed by atoms with Crippen molar-refractivity contribution in [3.05, 3.63) is 40.2 Å². The lowest BCUT2D eigenvalue weighted by atomic mass is 10.1. The molecule has 0 bridgehead atoms. The Morgan fingerprint density at radius 3 is 2.57 bits per heavy atom. The van der Waals surface area contributed by atoms with E-state index in [1.54, 1.807) is 16.8 Å². The quantitative estimate of drug-likeness (QED) is 0.774. The molecule has 0 unspecified atom stereocenters. The Bertz CT molecular complexity index is 1170. The fourth-order valence-electron chi connectivity index (χ4n) is 4.31. The number of piperidine rings is 1. The number of nitriles is 1. The van der Waals surface area contributed by atoms with Crippen molar-refractivity contribution in [2.24, 2.45) is 0 Å². The normalized spacial score (nSPS) is 19.0. The number of hydrogen-bond acceptors (Lipinski definition) is 7. The van der Waals surface area contributed by atoms with Crippen molar-refractivity contribution >= 4 is 27.0 Å². The lowest BCUT2D eigenvalue weighted by Gasteiger charge is -2.30. The predicted octanol–water partition coefficient (Wildman–Crippen LogP) is 2.13. The van der Waals surface area contributed by atoms with Crippen LogP contribution in [0.3, 0.4) is 0 Å². The maximum Gasteiger partial charge on any atom is 0.270 e. The number of aromatic nitrogens is 3. The summed E-state index contributed by atoms with van der Waals surface area (Å²) in [5, 5.41) is 14.3. The van der Waals surface area contributed by atoms with Crippen molar-refractivity contribution in [2.45, 2.75) is 50.6 Å². The highest BCUT2D eigenvalue weighted by Crippen LogP contribution is 2.30. The van der Waals surface area contributed by atoms with Gasteiger partial charge in [-0.1, -0.05) is 19.4 Å². The van der Waals surface area contributed by atoms with Crippen molar-refractivity contribution in [1.82, 2.24) is 18.8 Å². The molecule has 4 rings (SSSR count). The molecule has 0 radical (unpaired) electrons. The van der Waals surface area contributed by atoms with Crippen molar-refractivity contribution in [3.8, 4) is 6.07 Å². The fourth-order valence-corrected chi connectivity index (χ4v) is 5.24. The molecule has 9 nitrogen and oxygen atoms in total. The Hall–Kier alpha value is -2.77. The summed E-state index contributed by atoms with van der Waals surface area (Å²) in [5.41, 5.74) is 0.342. The third-order valence-electron chi connectivity index (χ3n) is 5.94. The summed E-state index contributed by atoms with van der Waals surface area (Å²) in [6.07, 6.45) is 6.78. The van der Waals surface area contributed by atoms with E-state index in [9.17, 15) is 18.5 Å². The molecular weight excluding hydrogens is 404 g/mol. The summed E-state index contributed by atoms with van der Waals surface area (Å²) in [7, 11) is -3.40. The van der Waals surface area contributed by atoms with E-state index in [1.807, 2.05) is 6.07 Å². The Morgan fingerprint density at radius 1 is 1.23 bits per heavy atom. The van der Waals surface area contributed by atoms with Crippen molar-refractivity contribution in [3.63, 3.8) is 0 Å². The summed E-state index contributed by atoms with van der Waals surface area (Å²) >= 11 is 0. The van der Waals surface area contributed by atoms with Crippen LogP contribution >= 0.6 is 0 Å². The predicted molar refractivity (Wildman–Crippen MR) is 113 cm³/mol. The molecule has 1 aliphatic heterocycles. The van der Waals surface area contributed by atoms with Crippen LogP contribution in [0.4, 0.5) is 5.95 Å². The number of anilines is 1. The molecule has 3 heterocycles. The Kier molecular flexibility index (Phi) is 5.58. The summed E-state index contributed by atoms with van der Waals surface area (Å²) in [6, 6.07) is 3.61. The van der Waals surface area contributed by atoms with Gasteiger partial charge >= 0.3 is 0 Å². The van der Waals surface area contributed by atoms with Gasteiger partial charge in [-0.15, -0.1) is 0 Å². The molecule has 2 fully saturated rings. The molecule has 1 N–H and O–H groups in total. The second-order valence-electron chi connectivity index (χ2n) is 7.79. The highest BCUT2D eigenvalue weighted by atomic mass is 32.2. The van der Waals surface area contributed by atoms with Crippen LogP contribution in [0.25, 0.3) is 11.0 Å². The van der Waals surface area contributed by atoms with Crippen LogP contribution in [0.5, 0.6) is 0 Å². The highest BCUT2D eigenvalue weighted by Gasteiger charge is 2.27. The van der Waals surface area contributed by atoms with Gasteiger partial charge in [-0.2, -0.15) is 14.6 Å². The second kappa shape index (κ2) is 8.16. The minimum absolute atomic E-state index is 0.0312. The Balaban J connectivity index is 1.61. The van der Waals surface area contributed by atoms with Crippen LogP contribution in [0.2, 0.25) is 0 Å². The van der Waals surface area contributed by atoms with E-state index < -0.39 is 10.0 Å². The zero-order valence-corrected chi connectivity index (χ0v) is 17.4. The minimum Gasteiger partial charge on any atom is -0.351 e. The monoisotopic (exact) mass is 428 g/mol. The summed E-state index contributed by atoms with van der Waals surface area (Å²) in [4.78, 5) is 21.8. The number of fused-ring (bicyclic) bond motifs is 1. The summed E-state index contributed by atoms with van der Waals surface area (Å²) < 4.78 is 26.9. The zero-order chi connectivity index (χ0) is 21.3. The van der Waals surface area contributed by atoms with Crippen LogP contribution in [0, 0.1) is 11.3 Å². The van der Waals surface area contributed by atoms with Crippen molar-refractivity contribution in [1.29, 1.82) is 5.26 Å². The van der Waals surface area contributed by atoms with E-state index in [1.165, 1.54) is 4.31 Å². The van der Waals surface area contributed by atoms with Crippen LogP contribution in [0.15, 0.2) is 29.0 Å². The lowest BCUT2D eigenvalue weighted by molar-refractivity contribution is 0.332. The van der Waals surface area contributed by atoms with Gasteiger partial charge in [0.15, 0.2) is 0 Å². The molecule has 1 saturated carbocycles.